The Morgan fingerprint density at radius 3 is 3.00 bits per heavy atom. The molecule has 1 fully saturated rings. The van der Waals surface area contributed by atoms with E-state index in [1.807, 2.05) is 0 Å². The average molecular weight is 315 g/mol. The van der Waals surface area contributed by atoms with Crippen molar-refractivity contribution in [3.8, 4) is 0 Å². The lowest BCUT2D eigenvalue weighted by molar-refractivity contribution is 0.243. The number of nitrogens with one attached hydrogen (secondary N) is 1. The standard InChI is InChI=1S/C18H25N3S/c1-13-19-16-9-10-21(12-17(16)20-13)11-15-7-8-18(22-15)14-5-3-2-4-6-14/h7-8,14H,2-6,9-12H2,1H3,(H,19,20). The third kappa shape index (κ3) is 2.99. The van der Waals surface area contributed by atoms with E-state index < -0.39 is 0 Å². The van der Waals surface area contributed by atoms with Gasteiger partial charge in [0.2, 0.25) is 0 Å². The lowest BCUT2D eigenvalue weighted by atomic mass is 9.88. The molecule has 22 heavy (non-hydrogen) atoms. The second-order valence-electron chi connectivity index (χ2n) is 6.85. The van der Waals surface area contributed by atoms with Crippen LogP contribution in [-0.4, -0.2) is 21.4 Å². The number of hydrogen-bond donors (Lipinski definition) is 1. The van der Waals surface area contributed by atoms with Gasteiger partial charge in [-0.3, -0.25) is 4.90 Å². The molecule has 1 saturated carbocycles. The highest BCUT2D eigenvalue weighted by Gasteiger charge is 2.21. The van der Waals surface area contributed by atoms with E-state index in [9.17, 15) is 0 Å². The van der Waals surface area contributed by atoms with Gasteiger partial charge in [0.05, 0.1) is 11.4 Å². The lowest BCUT2D eigenvalue weighted by Gasteiger charge is -2.25. The third-order valence-electron chi connectivity index (χ3n) is 5.10. The van der Waals surface area contributed by atoms with E-state index in [1.54, 1.807) is 4.88 Å². The molecule has 0 bridgehead atoms. The second-order valence-corrected chi connectivity index (χ2v) is 8.05. The van der Waals surface area contributed by atoms with Gasteiger partial charge in [0, 0.05) is 35.8 Å². The van der Waals surface area contributed by atoms with Gasteiger partial charge in [-0.05, 0) is 37.8 Å². The fraction of sp³-hybridized carbons (Fsp3) is 0.611. The first-order valence-electron chi connectivity index (χ1n) is 8.63. The topological polar surface area (TPSA) is 31.9 Å². The van der Waals surface area contributed by atoms with Gasteiger partial charge in [-0.2, -0.15) is 0 Å². The normalized spacial score (nSPS) is 20.2. The lowest BCUT2D eigenvalue weighted by Crippen LogP contribution is -2.29. The van der Waals surface area contributed by atoms with Crippen LogP contribution in [0.5, 0.6) is 0 Å². The van der Waals surface area contributed by atoms with Crippen molar-refractivity contribution in [1.82, 2.24) is 14.9 Å². The molecule has 0 unspecified atom stereocenters. The van der Waals surface area contributed by atoms with Crippen LogP contribution in [0.2, 0.25) is 0 Å². The first-order valence-corrected chi connectivity index (χ1v) is 9.45. The Morgan fingerprint density at radius 1 is 1.27 bits per heavy atom. The van der Waals surface area contributed by atoms with Crippen LogP contribution in [0.3, 0.4) is 0 Å². The number of nitrogens with zero attached hydrogens (tertiary/aromatic N) is 2. The number of rotatable bonds is 3. The monoisotopic (exact) mass is 315 g/mol. The summed E-state index contributed by atoms with van der Waals surface area (Å²) in [6.45, 7) is 5.30. The van der Waals surface area contributed by atoms with Crippen molar-refractivity contribution >= 4 is 11.3 Å². The number of thiophene rings is 1. The second kappa shape index (κ2) is 6.17. The summed E-state index contributed by atoms with van der Waals surface area (Å²) in [5, 5.41) is 0. The van der Waals surface area contributed by atoms with E-state index in [-0.39, 0.29) is 0 Å². The van der Waals surface area contributed by atoms with Crippen LogP contribution in [-0.2, 0) is 19.5 Å². The summed E-state index contributed by atoms with van der Waals surface area (Å²) in [6.07, 6.45) is 8.17. The maximum absolute atomic E-state index is 4.58. The molecule has 118 valence electrons. The molecule has 4 rings (SSSR count). The van der Waals surface area contributed by atoms with Gasteiger partial charge in [0.1, 0.15) is 5.82 Å². The molecule has 0 saturated heterocycles. The van der Waals surface area contributed by atoms with Gasteiger partial charge in [-0.25, -0.2) is 4.98 Å². The zero-order valence-corrected chi connectivity index (χ0v) is 14.2. The number of aromatic amines is 1. The number of aryl methyl sites for hydroxylation is 1. The molecule has 0 aromatic carbocycles. The molecule has 2 aliphatic rings. The Bertz CT molecular complexity index is 637. The van der Waals surface area contributed by atoms with E-state index >= 15 is 0 Å². The number of hydrogen-bond acceptors (Lipinski definition) is 3. The largest absolute Gasteiger partial charge is 0.345 e. The molecular weight excluding hydrogens is 290 g/mol. The van der Waals surface area contributed by atoms with Gasteiger partial charge in [0.15, 0.2) is 0 Å². The predicted molar refractivity (Wildman–Crippen MR) is 91.3 cm³/mol. The molecule has 4 heteroatoms. The molecule has 0 atom stereocenters. The number of fused-ring (bicyclic) bond motifs is 1. The molecule has 1 aliphatic heterocycles. The first-order chi connectivity index (χ1) is 10.8. The average Bonchev–Trinajstić information content (AvgIpc) is 3.13. The maximum Gasteiger partial charge on any atom is 0.103 e. The van der Waals surface area contributed by atoms with Crippen LogP contribution in [0.4, 0.5) is 0 Å². The van der Waals surface area contributed by atoms with Crippen molar-refractivity contribution < 1.29 is 0 Å². The third-order valence-corrected chi connectivity index (χ3v) is 6.33. The van der Waals surface area contributed by atoms with E-state index in [1.165, 1.54) is 48.4 Å². The fourth-order valence-corrected chi connectivity index (χ4v) is 5.16. The van der Waals surface area contributed by atoms with E-state index in [4.69, 9.17) is 0 Å². The van der Waals surface area contributed by atoms with Crippen molar-refractivity contribution in [3.63, 3.8) is 0 Å². The summed E-state index contributed by atoms with van der Waals surface area (Å²) >= 11 is 2.05. The predicted octanol–water partition coefficient (Wildman–Crippen LogP) is 4.39. The van der Waals surface area contributed by atoms with Gasteiger partial charge >= 0.3 is 0 Å². The molecule has 0 spiro atoms. The minimum absolute atomic E-state index is 0.843. The van der Waals surface area contributed by atoms with Gasteiger partial charge in [0.25, 0.3) is 0 Å². The summed E-state index contributed by atoms with van der Waals surface area (Å²) in [4.78, 5) is 13.7. The molecular formula is C18H25N3S. The Kier molecular flexibility index (Phi) is 4.05. The zero-order valence-electron chi connectivity index (χ0n) is 13.4. The van der Waals surface area contributed by atoms with Crippen LogP contribution in [0.1, 0.15) is 65.0 Å². The van der Waals surface area contributed by atoms with Crippen LogP contribution < -0.4 is 0 Å². The van der Waals surface area contributed by atoms with Crippen molar-refractivity contribution in [2.45, 2.75) is 64.5 Å². The Labute approximate surface area is 136 Å². The van der Waals surface area contributed by atoms with E-state index in [2.05, 4.69) is 45.3 Å². The Morgan fingerprint density at radius 2 is 2.14 bits per heavy atom. The molecule has 1 N–H and O–H groups in total. The number of imidazole rings is 1. The molecule has 1 aliphatic carbocycles. The van der Waals surface area contributed by atoms with Gasteiger partial charge < -0.3 is 4.98 Å². The van der Waals surface area contributed by atoms with Crippen molar-refractivity contribution in [2.24, 2.45) is 0 Å². The Hall–Kier alpha value is -1.13. The highest BCUT2D eigenvalue weighted by atomic mass is 32.1. The molecule has 3 heterocycles. The van der Waals surface area contributed by atoms with E-state index in [0.29, 0.717) is 0 Å². The molecule has 0 radical (unpaired) electrons. The summed E-state index contributed by atoms with van der Waals surface area (Å²) in [5.41, 5.74) is 2.61. The number of aromatic nitrogens is 2. The highest BCUT2D eigenvalue weighted by molar-refractivity contribution is 7.12. The van der Waals surface area contributed by atoms with Crippen molar-refractivity contribution in [1.29, 1.82) is 0 Å². The maximum atomic E-state index is 4.58. The summed E-state index contributed by atoms with van der Waals surface area (Å²) in [6, 6.07) is 4.76. The number of H-pyrrole nitrogens is 1. The van der Waals surface area contributed by atoms with Gasteiger partial charge in [-0.1, -0.05) is 19.3 Å². The molecule has 2 aromatic heterocycles. The van der Waals surface area contributed by atoms with Crippen LogP contribution in [0.15, 0.2) is 12.1 Å². The zero-order chi connectivity index (χ0) is 14.9. The molecule has 3 nitrogen and oxygen atoms in total. The van der Waals surface area contributed by atoms with Crippen LogP contribution >= 0.6 is 11.3 Å². The quantitative estimate of drug-likeness (QED) is 0.911. The minimum Gasteiger partial charge on any atom is -0.345 e. The highest BCUT2D eigenvalue weighted by Crippen LogP contribution is 2.36. The minimum atomic E-state index is 0.843. The van der Waals surface area contributed by atoms with Crippen LogP contribution in [0, 0.1) is 6.92 Å². The first kappa shape index (κ1) is 14.5. The summed E-state index contributed by atoms with van der Waals surface area (Å²) < 4.78 is 0. The van der Waals surface area contributed by atoms with Gasteiger partial charge in [-0.15, -0.1) is 11.3 Å². The van der Waals surface area contributed by atoms with Crippen LogP contribution in [0.25, 0.3) is 0 Å². The van der Waals surface area contributed by atoms with E-state index in [0.717, 1.165) is 37.8 Å². The van der Waals surface area contributed by atoms with Crippen molar-refractivity contribution in [3.05, 3.63) is 39.1 Å². The SMILES string of the molecule is Cc1nc2c([nH]1)CN(Cc1ccc(C3CCCCC3)s1)CC2. The molecule has 0 amide bonds. The summed E-state index contributed by atoms with van der Waals surface area (Å²) in [5.74, 6) is 1.90. The fourth-order valence-electron chi connectivity index (χ4n) is 3.93. The Balaban J connectivity index is 1.40. The molecule has 2 aromatic rings. The summed E-state index contributed by atoms with van der Waals surface area (Å²) in [7, 11) is 0. The smallest absolute Gasteiger partial charge is 0.103 e. The van der Waals surface area contributed by atoms with Crippen molar-refractivity contribution in [2.75, 3.05) is 6.54 Å².